The van der Waals surface area contributed by atoms with Crippen LogP contribution < -0.4 is 5.73 Å². The lowest BCUT2D eigenvalue weighted by atomic mass is 9.96. The van der Waals surface area contributed by atoms with Crippen molar-refractivity contribution in [1.29, 1.82) is 0 Å². The molecule has 0 amide bonds. The lowest BCUT2D eigenvalue weighted by Crippen LogP contribution is -2.16. The first-order valence-corrected chi connectivity index (χ1v) is 5.35. The van der Waals surface area contributed by atoms with Crippen LogP contribution in [0.2, 0.25) is 0 Å². The van der Waals surface area contributed by atoms with Crippen LogP contribution in [-0.2, 0) is 0 Å². The molecule has 2 N–H and O–H groups in total. The summed E-state index contributed by atoms with van der Waals surface area (Å²) in [5.41, 5.74) is 7.02. The second kappa shape index (κ2) is 4.19. The molecule has 2 rings (SSSR count). The van der Waals surface area contributed by atoms with Crippen molar-refractivity contribution in [1.82, 2.24) is 4.90 Å². The number of likely N-dealkylation sites (tertiary alicyclic amines) is 1. The second-order valence-electron chi connectivity index (χ2n) is 4.38. The molecule has 1 saturated heterocycles. The number of rotatable bonds is 2. The normalized spacial score (nSPS) is 24.3. The Morgan fingerprint density at radius 3 is 2.60 bits per heavy atom. The zero-order valence-corrected chi connectivity index (χ0v) is 8.99. The van der Waals surface area contributed by atoms with E-state index in [2.05, 4.69) is 4.90 Å². The van der Waals surface area contributed by atoms with Gasteiger partial charge in [-0.25, -0.2) is 4.39 Å². The molecule has 1 heterocycles. The maximum atomic E-state index is 14.1. The fraction of sp³-hybridized carbons (Fsp3) is 0.500. The Morgan fingerprint density at radius 2 is 2.07 bits per heavy atom. The molecule has 1 aromatic rings. The van der Waals surface area contributed by atoms with Crippen molar-refractivity contribution >= 4 is 5.69 Å². The van der Waals surface area contributed by atoms with E-state index in [4.69, 9.17) is 5.73 Å². The maximum Gasteiger partial charge on any atom is 0.129 e. The highest BCUT2D eigenvalue weighted by Crippen LogP contribution is 2.32. The minimum atomic E-state index is -0.851. The van der Waals surface area contributed by atoms with Crippen molar-refractivity contribution in [2.45, 2.75) is 12.6 Å². The molecule has 2 nitrogen and oxygen atoms in total. The van der Waals surface area contributed by atoms with Crippen molar-refractivity contribution in [3.05, 3.63) is 29.8 Å². The van der Waals surface area contributed by atoms with Crippen LogP contribution in [0.15, 0.2) is 24.3 Å². The van der Waals surface area contributed by atoms with Gasteiger partial charge in [0.15, 0.2) is 0 Å². The largest absolute Gasteiger partial charge is 0.399 e. The first-order valence-electron chi connectivity index (χ1n) is 5.35. The number of nitrogens with zero attached hydrogens (tertiary/aromatic N) is 1. The lowest BCUT2D eigenvalue weighted by Gasteiger charge is -2.16. The summed E-state index contributed by atoms with van der Waals surface area (Å²) < 4.78 is 14.1. The molecule has 1 aliphatic heterocycles. The summed E-state index contributed by atoms with van der Waals surface area (Å²) in [6, 6.07) is 7.11. The van der Waals surface area contributed by atoms with Gasteiger partial charge in [-0.3, -0.25) is 0 Å². The fourth-order valence-corrected chi connectivity index (χ4v) is 2.16. The van der Waals surface area contributed by atoms with Gasteiger partial charge in [0.1, 0.15) is 6.17 Å². The SMILES string of the molecule is CN1CCC(C(F)c2ccc(N)cc2)C1. The Bertz CT molecular complexity index is 323. The van der Waals surface area contributed by atoms with Crippen LogP contribution in [0, 0.1) is 5.92 Å². The summed E-state index contributed by atoms with van der Waals surface area (Å²) in [6.07, 6.45) is 0.0951. The van der Waals surface area contributed by atoms with E-state index in [1.54, 1.807) is 24.3 Å². The van der Waals surface area contributed by atoms with Crippen LogP contribution >= 0.6 is 0 Å². The monoisotopic (exact) mass is 208 g/mol. The Hall–Kier alpha value is -1.09. The third kappa shape index (κ3) is 2.29. The molecule has 3 heteroatoms. The van der Waals surface area contributed by atoms with Gasteiger partial charge in [-0.05, 0) is 37.7 Å². The summed E-state index contributed by atoms with van der Waals surface area (Å²) in [4.78, 5) is 2.18. The van der Waals surface area contributed by atoms with Gasteiger partial charge in [0.2, 0.25) is 0 Å². The number of nitrogen functional groups attached to an aromatic ring is 1. The van der Waals surface area contributed by atoms with Crippen LogP contribution in [0.1, 0.15) is 18.2 Å². The topological polar surface area (TPSA) is 29.3 Å². The van der Waals surface area contributed by atoms with Gasteiger partial charge in [-0.2, -0.15) is 0 Å². The predicted octanol–water partition coefficient (Wildman–Crippen LogP) is 2.23. The van der Waals surface area contributed by atoms with Gasteiger partial charge >= 0.3 is 0 Å². The first kappa shape index (κ1) is 10.4. The smallest absolute Gasteiger partial charge is 0.129 e. The number of nitrogens with two attached hydrogens (primary N) is 1. The molecule has 0 aromatic heterocycles. The molecule has 1 aliphatic rings. The van der Waals surface area contributed by atoms with E-state index in [9.17, 15) is 4.39 Å². The number of halogens is 1. The Kier molecular flexibility index (Phi) is 2.91. The zero-order valence-electron chi connectivity index (χ0n) is 8.99. The quantitative estimate of drug-likeness (QED) is 0.755. The van der Waals surface area contributed by atoms with Gasteiger partial charge in [0.25, 0.3) is 0 Å². The number of hydrogen-bond donors (Lipinski definition) is 1. The molecule has 15 heavy (non-hydrogen) atoms. The Morgan fingerprint density at radius 1 is 1.40 bits per heavy atom. The van der Waals surface area contributed by atoms with Gasteiger partial charge in [-0.15, -0.1) is 0 Å². The van der Waals surface area contributed by atoms with Crippen LogP contribution in [0.5, 0.6) is 0 Å². The second-order valence-corrected chi connectivity index (χ2v) is 4.38. The van der Waals surface area contributed by atoms with Crippen molar-refractivity contribution in [3.8, 4) is 0 Å². The van der Waals surface area contributed by atoms with Gasteiger partial charge in [0, 0.05) is 18.2 Å². The summed E-state index contributed by atoms with van der Waals surface area (Å²) in [6.45, 7) is 1.85. The summed E-state index contributed by atoms with van der Waals surface area (Å²) in [7, 11) is 2.04. The number of anilines is 1. The molecule has 2 atom stereocenters. The van der Waals surface area contributed by atoms with Crippen molar-refractivity contribution < 1.29 is 4.39 Å². The molecule has 1 aromatic carbocycles. The molecular weight excluding hydrogens is 191 g/mol. The Balaban J connectivity index is 2.07. The molecule has 0 radical (unpaired) electrons. The lowest BCUT2D eigenvalue weighted by molar-refractivity contribution is 0.232. The van der Waals surface area contributed by atoms with Crippen LogP contribution in [0.25, 0.3) is 0 Å². The molecular formula is C12H17FN2. The van der Waals surface area contributed by atoms with E-state index < -0.39 is 6.17 Å². The predicted molar refractivity (Wildman–Crippen MR) is 60.3 cm³/mol. The minimum Gasteiger partial charge on any atom is -0.399 e. The van der Waals surface area contributed by atoms with Crippen LogP contribution in [-0.4, -0.2) is 25.0 Å². The molecule has 0 bridgehead atoms. The molecule has 0 spiro atoms. The van der Waals surface area contributed by atoms with Crippen LogP contribution in [0.3, 0.4) is 0 Å². The molecule has 0 saturated carbocycles. The third-order valence-electron chi connectivity index (χ3n) is 3.10. The summed E-state index contributed by atoms with van der Waals surface area (Å²) in [5.74, 6) is 0.138. The van der Waals surface area contributed by atoms with E-state index >= 15 is 0 Å². The zero-order chi connectivity index (χ0) is 10.8. The summed E-state index contributed by atoms with van der Waals surface area (Å²) in [5, 5.41) is 0. The van der Waals surface area contributed by atoms with Crippen LogP contribution in [0.4, 0.5) is 10.1 Å². The average molecular weight is 208 g/mol. The van der Waals surface area contributed by atoms with E-state index in [-0.39, 0.29) is 5.92 Å². The molecule has 82 valence electrons. The third-order valence-corrected chi connectivity index (χ3v) is 3.10. The number of hydrogen-bond acceptors (Lipinski definition) is 2. The molecule has 2 unspecified atom stereocenters. The highest BCUT2D eigenvalue weighted by Gasteiger charge is 2.28. The van der Waals surface area contributed by atoms with E-state index in [1.165, 1.54) is 0 Å². The number of alkyl halides is 1. The van der Waals surface area contributed by atoms with Crippen molar-refractivity contribution in [3.63, 3.8) is 0 Å². The van der Waals surface area contributed by atoms with E-state index in [0.717, 1.165) is 25.1 Å². The number of benzene rings is 1. The van der Waals surface area contributed by atoms with Gasteiger partial charge in [-0.1, -0.05) is 12.1 Å². The first-order chi connectivity index (χ1) is 7.16. The summed E-state index contributed by atoms with van der Waals surface area (Å²) >= 11 is 0. The average Bonchev–Trinajstić information content (AvgIpc) is 2.65. The highest BCUT2D eigenvalue weighted by atomic mass is 19.1. The van der Waals surface area contributed by atoms with E-state index in [0.29, 0.717) is 5.69 Å². The van der Waals surface area contributed by atoms with Gasteiger partial charge < -0.3 is 10.6 Å². The molecule has 1 fully saturated rings. The standard InChI is InChI=1S/C12H17FN2/c1-15-7-6-10(8-15)12(13)9-2-4-11(14)5-3-9/h2-5,10,12H,6-8,14H2,1H3. The van der Waals surface area contributed by atoms with Crippen molar-refractivity contribution in [2.75, 3.05) is 25.9 Å². The van der Waals surface area contributed by atoms with E-state index in [1.807, 2.05) is 7.05 Å². The van der Waals surface area contributed by atoms with Crippen molar-refractivity contribution in [2.24, 2.45) is 5.92 Å². The molecule has 0 aliphatic carbocycles. The minimum absolute atomic E-state index is 0.138. The maximum absolute atomic E-state index is 14.1. The fourth-order valence-electron chi connectivity index (χ4n) is 2.16. The highest BCUT2D eigenvalue weighted by molar-refractivity contribution is 5.40. The van der Waals surface area contributed by atoms with Gasteiger partial charge in [0.05, 0.1) is 0 Å². The Labute approximate surface area is 89.9 Å².